The fourth-order valence-corrected chi connectivity index (χ4v) is 1.81. The van der Waals surface area contributed by atoms with Crippen molar-refractivity contribution in [1.29, 1.82) is 0 Å². The smallest absolute Gasteiger partial charge is 0.267 e. The third-order valence-corrected chi connectivity index (χ3v) is 2.90. The van der Waals surface area contributed by atoms with E-state index in [4.69, 9.17) is 0 Å². The summed E-state index contributed by atoms with van der Waals surface area (Å²) in [5.74, 6) is -0.766. The molecule has 6 heteroatoms. The van der Waals surface area contributed by atoms with Crippen molar-refractivity contribution < 1.29 is 9.59 Å². The topological polar surface area (TPSA) is 75.2 Å². The molecule has 2 amide bonds. The van der Waals surface area contributed by atoms with Crippen LogP contribution in [0.1, 0.15) is 41.6 Å². The molecule has 2 aromatic rings. The van der Waals surface area contributed by atoms with Crippen LogP contribution < -0.4 is 5.43 Å². The summed E-state index contributed by atoms with van der Waals surface area (Å²) in [6.45, 7) is 5.51. The van der Waals surface area contributed by atoms with E-state index < -0.39 is 11.4 Å². The van der Waals surface area contributed by atoms with Crippen molar-refractivity contribution in [3.63, 3.8) is 0 Å². The van der Waals surface area contributed by atoms with Crippen LogP contribution >= 0.6 is 0 Å². The van der Waals surface area contributed by atoms with E-state index in [0.29, 0.717) is 5.56 Å². The number of rotatable bonds is 2. The van der Waals surface area contributed by atoms with Crippen LogP contribution in [-0.4, -0.2) is 32.3 Å². The average Bonchev–Trinajstić information content (AvgIpc) is 2.52. The Morgan fingerprint density at radius 3 is 2.32 bits per heavy atom. The molecule has 0 unspecified atom stereocenters. The van der Waals surface area contributed by atoms with Crippen LogP contribution in [0, 0.1) is 0 Å². The number of nitrogens with zero attached hydrogens (tertiary/aromatic N) is 3. The highest BCUT2D eigenvalue weighted by atomic mass is 16.2. The normalized spacial score (nSPS) is 10.9. The van der Waals surface area contributed by atoms with E-state index in [0.717, 1.165) is 0 Å². The minimum atomic E-state index is -0.592. The molecular formula is C16H18N4O2. The van der Waals surface area contributed by atoms with Gasteiger partial charge in [-0.15, -0.1) is 0 Å². The molecule has 1 aromatic carbocycles. The molecule has 22 heavy (non-hydrogen) atoms. The fourth-order valence-electron chi connectivity index (χ4n) is 1.81. The maximum atomic E-state index is 12.6. The zero-order valence-corrected chi connectivity index (χ0v) is 12.8. The molecule has 0 aliphatic heterocycles. The highest BCUT2D eigenvalue weighted by Crippen LogP contribution is 2.15. The Morgan fingerprint density at radius 1 is 1.09 bits per heavy atom. The molecule has 0 aliphatic rings. The van der Waals surface area contributed by atoms with Crippen LogP contribution in [0.2, 0.25) is 0 Å². The van der Waals surface area contributed by atoms with Gasteiger partial charge in [0.1, 0.15) is 5.69 Å². The number of aromatic nitrogens is 2. The lowest BCUT2D eigenvalue weighted by atomic mass is 10.1. The van der Waals surface area contributed by atoms with Gasteiger partial charge in [-0.3, -0.25) is 20.0 Å². The Balaban J connectivity index is 2.25. The monoisotopic (exact) mass is 298 g/mol. The summed E-state index contributed by atoms with van der Waals surface area (Å²) in [7, 11) is 0. The van der Waals surface area contributed by atoms with Crippen molar-refractivity contribution in [2.45, 2.75) is 26.3 Å². The van der Waals surface area contributed by atoms with Gasteiger partial charge in [-0.2, -0.15) is 0 Å². The maximum Gasteiger partial charge on any atom is 0.290 e. The zero-order chi connectivity index (χ0) is 16.2. The number of benzene rings is 1. The van der Waals surface area contributed by atoms with Gasteiger partial charge in [0.2, 0.25) is 0 Å². The molecule has 1 aromatic heterocycles. The molecule has 0 aliphatic carbocycles. The van der Waals surface area contributed by atoms with Gasteiger partial charge in [-0.05, 0) is 32.9 Å². The van der Waals surface area contributed by atoms with Gasteiger partial charge in [-0.25, -0.2) is 9.99 Å². The number of hydrazine groups is 1. The van der Waals surface area contributed by atoms with Crippen molar-refractivity contribution in [3.8, 4) is 0 Å². The summed E-state index contributed by atoms with van der Waals surface area (Å²) in [4.78, 5) is 32.6. The summed E-state index contributed by atoms with van der Waals surface area (Å²) in [6.07, 6.45) is 4.26. The van der Waals surface area contributed by atoms with E-state index in [9.17, 15) is 9.59 Å². The Hall–Kier alpha value is -2.76. The number of hydrogen-bond donors (Lipinski definition) is 1. The van der Waals surface area contributed by atoms with Crippen molar-refractivity contribution in [2.24, 2.45) is 0 Å². The summed E-state index contributed by atoms with van der Waals surface area (Å²) >= 11 is 0. The second-order valence-corrected chi connectivity index (χ2v) is 5.71. The van der Waals surface area contributed by atoms with E-state index in [2.05, 4.69) is 15.4 Å². The first kappa shape index (κ1) is 15.6. The predicted molar refractivity (Wildman–Crippen MR) is 81.9 cm³/mol. The van der Waals surface area contributed by atoms with Crippen LogP contribution in [0.3, 0.4) is 0 Å². The zero-order valence-electron chi connectivity index (χ0n) is 12.8. The third kappa shape index (κ3) is 3.66. The summed E-state index contributed by atoms with van der Waals surface area (Å²) in [6, 6.07) is 8.79. The highest BCUT2D eigenvalue weighted by molar-refractivity contribution is 5.98. The molecule has 0 saturated heterocycles. The van der Waals surface area contributed by atoms with Gasteiger partial charge >= 0.3 is 0 Å². The maximum absolute atomic E-state index is 12.6. The average molecular weight is 298 g/mol. The highest BCUT2D eigenvalue weighted by Gasteiger charge is 2.29. The Morgan fingerprint density at radius 2 is 1.77 bits per heavy atom. The predicted octanol–water partition coefficient (Wildman–Crippen LogP) is 2.06. The standard InChI is InChI=1S/C16H18N4O2/c1-16(2,3)20(15(22)12-7-5-4-6-8-12)19-14(21)13-11-17-9-10-18-13/h4-11H,1-3H3,(H,19,21). The second kappa shape index (κ2) is 6.34. The lowest BCUT2D eigenvalue weighted by Crippen LogP contribution is -2.56. The first-order chi connectivity index (χ1) is 10.4. The molecule has 114 valence electrons. The molecule has 1 heterocycles. The van der Waals surface area contributed by atoms with Crippen molar-refractivity contribution in [1.82, 2.24) is 20.4 Å². The lowest BCUT2D eigenvalue weighted by Gasteiger charge is -2.35. The summed E-state index contributed by atoms with van der Waals surface area (Å²) < 4.78 is 0. The van der Waals surface area contributed by atoms with Gasteiger partial charge < -0.3 is 0 Å². The molecule has 1 N–H and O–H groups in total. The van der Waals surface area contributed by atoms with Crippen LogP contribution in [0.25, 0.3) is 0 Å². The van der Waals surface area contributed by atoms with Gasteiger partial charge in [0.05, 0.1) is 11.7 Å². The molecule has 0 spiro atoms. The van der Waals surface area contributed by atoms with Crippen LogP contribution in [0.5, 0.6) is 0 Å². The quantitative estimate of drug-likeness (QED) is 0.861. The SMILES string of the molecule is CC(C)(C)N(NC(=O)c1cnccn1)C(=O)c1ccccc1. The van der Waals surface area contributed by atoms with Gasteiger partial charge in [0, 0.05) is 18.0 Å². The number of hydrogen-bond acceptors (Lipinski definition) is 4. The minimum absolute atomic E-state index is 0.151. The molecule has 0 fully saturated rings. The Bertz CT molecular complexity index is 651. The lowest BCUT2D eigenvalue weighted by molar-refractivity contribution is 0.0356. The van der Waals surface area contributed by atoms with Gasteiger partial charge in [0.25, 0.3) is 11.8 Å². The molecule has 0 saturated carbocycles. The van der Waals surface area contributed by atoms with Crippen LogP contribution in [0.15, 0.2) is 48.9 Å². The number of carbonyl (C=O) groups excluding carboxylic acids is 2. The van der Waals surface area contributed by atoms with Crippen LogP contribution in [-0.2, 0) is 0 Å². The van der Waals surface area contributed by atoms with Crippen molar-refractivity contribution in [2.75, 3.05) is 0 Å². The third-order valence-electron chi connectivity index (χ3n) is 2.90. The molecule has 0 bridgehead atoms. The van der Waals surface area contributed by atoms with Crippen molar-refractivity contribution in [3.05, 3.63) is 60.2 Å². The molecule has 0 atom stereocenters. The van der Waals surface area contributed by atoms with E-state index >= 15 is 0 Å². The Labute approximate surface area is 129 Å². The van der Waals surface area contributed by atoms with Crippen molar-refractivity contribution >= 4 is 11.8 Å². The minimum Gasteiger partial charge on any atom is -0.267 e. The van der Waals surface area contributed by atoms with E-state index in [1.165, 1.54) is 23.6 Å². The number of amides is 2. The summed E-state index contributed by atoms with van der Waals surface area (Å²) in [5.41, 5.74) is 2.67. The van der Waals surface area contributed by atoms with E-state index in [1.807, 2.05) is 26.8 Å². The number of nitrogens with one attached hydrogen (secondary N) is 1. The second-order valence-electron chi connectivity index (χ2n) is 5.71. The number of carbonyl (C=O) groups is 2. The summed E-state index contributed by atoms with van der Waals surface area (Å²) in [5, 5.41) is 1.30. The van der Waals surface area contributed by atoms with E-state index in [1.54, 1.807) is 24.3 Å². The fraction of sp³-hybridized carbons (Fsp3) is 0.250. The van der Waals surface area contributed by atoms with E-state index in [-0.39, 0.29) is 11.6 Å². The van der Waals surface area contributed by atoms with Crippen LogP contribution in [0.4, 0.5) is 0 Å². The van der Waals surface area contributed by atoms with Gasteiger partial charge in [0.15, 0.2) is 0 Å². The largest absolute Gasteiger partial charge is 0.290 e. The molecule has 2 rings (SSSR count). The molecule has 6 nitrogen and oxygen atoms in total. The molecular weight excluding hydrogens is 280 g/mol. The first-order valence-corrected chi connectivity index (χ1v) is 6.86. The molecule has 0 radical (unpaired) electrons. The Kier molecular flexibility index (Phi) is 4.50. The van der Waals surface area contributed by atoms with Gasteiger partial charge in [-0.1, -0.05) is 18.2 Å². The first-order valence-electron chi connectivity index (χ1n) is 6.86.